The maximum atomic E-state index is 13.4. The average Bonchev–Trinajstić information content (AvgIpc) is 2.86. The monoisotopic (exact) mass is 256 g/mol. The van der Waals surface area contributed by atoms with E-state index in [1.807, 2.05) is 6.07 Å². The molecule has 3 rings (SSSR count). The number of carbonyl (C=O) groups is 1. The van der Waals surface area contributed by atoms with E-state index in [1.54, 1.807) is 6.07 Å². The van der Waals surface area contributed by atoms with Crippen LogP contribution in [0.4, 0.5) is 4.39 Å². The molecule has 2 aromatic carbocycles. The van der Waals surface area contributed by atoms with Crippen LogP contribution in [0.25, 0.3) is 11.1 Å². The second-order valence-electron chi connectivity index (χ2n) is 4.84. The second-order valence-corrected chi connectivity index (χ2v) is 4.84. The maximum absolute atomic E-state index is 13.4. The van der Waals surface area contributed by atoms with Gasteiger partial charge in [0.1, 0.15) is 5.82 Å². The zero-order chi connectivity index (χ0) is 13.4. The van der Waals surface area contributed by atoms with Crippen LogP contribution >= 0.6 is 0 Å². The topological polar surface area (TPSA) is 37.3 Å². The van der Waals surface area contributed by atoms with Crippen molar-refractivity contribution in [3.05, 3.63) is 58.9 Å². The molecule has 0 bridgehead atoms. The van der Waals surface area contributed by atoms with E-state index in [4.69, 9.17) is 5.11 Å². The average molecular weight is 256 g/mol. The molecule has 0 spiro atoms. The molecule has 0 radical (unpaired) electrons. The Morgan fingerprint density at radius 3 is 2.47 bits per heavy atom. The predicted molar refractivity (Wildman–Crippen MR) is 70.8 cm³/mol. The lowest BCUT2D eigenvalue weighted by Crippen LogP contribution is -2.00. The van der Waals surface area contributed by atoms with Gasteiger partial charge in [-0.05, 0) is 53.6 Å². The largest absolute Gasteiger partial charge is 0.478 e. The fraction of sp³-hybridized carbons (Fsp3) is 0.188. The molecule has 1 aliphatic carbocycles. The number of hydrogen-bond donors (Lipinski definition) is 1. The van der Waals surface area contributed by atoms with Gasteiger partial charge in [-0.2, -0.15) is 0 Å². The van der Waals surface area contributed by atoms with E-state index in [9.17, 15) is 9.18 Å². The quantitative estimate of drug-likeness (QED) is 0.890. The molecule has 0 atom stereocenters. The highest BCUT2D eigenvalue weighted by molar-refractivity contribution is 5.89. The summed E-state index contributed by atoms with van der Waals surface area (Å²) in [7, 11) is 0. The molecule has 0 aromatic heterocycles. The van der Waals surface area contributed by atoms with Crippen molar-refractivity contribution in [1.29, 1.82) is 0 Å². The van der Waals surface area contributed by atoms with Crippen LogP contribution in [0.2, 0.25) is 0 Å². The predicted octanol–water partition coefficient (Wildman–Crippen LogP) is 3.68. The van der Waals surface area contributed by atoms with Gasteiger partial charge in [0.25, 0.3) is 0 Å². The van der Waals surface area contributed by atoms with E-state index < -0.39 is 11.8 Å². The third-order valence-corrected chi connectivity index (χ3v) is 3.63. The molecule has 0 aliphatic heterocycles. The molecule has 0 fully saturated rings. The van der Waals surface area contributed by atoms with Gasteiger partial charge >= 0.3 is 5.97 Å². The summed E-state index contributed by atoms with van der Waals surface area (Å²) in [5.41, 5.74) is 4.10. The zero-order valence-corrected chi connectivity index (χ0v) is 10.3. The number of fused-ring (bicyclic) bond motifs is 1. The van der Waals surface area contributed by atoms with E-state index in [1.165, 1.54) is 29.7 Å². The Kier molecular flexibility index (Phi) is 2.82. The SMILES string of the molecule is O=C(O)c1cc(-c2ccc3c(c2)CCC3)ccc1F. The van der Waals surface area contributed by atoms with Crippen molar-refractivity contribution in [2.45, 2.75) is 19.3 Å². The van der Waals surface area contributed by atoms with Crippen LogP contribution in [0.1, 0.15) is 27.9 Å². The van der Waals surface area contributed by atoms with E-state index in [0.29, 0.717) is 0 Å². The number of benzene rings is 2. The molecule has 0 saturated carbocycles. The summed E-state index contributed by atoms with van der Waals surface area (Å²) in [6.45, 7) is 0. The van der Waals surface area contributed by atoms with Gasteiger partial charge in [0.2, 0.25) is 0 Å². The molecule has 2 nitrogen and oxygen atoms in total. The van der Waals surface area contributed by atoms with Gasteiger partial charge in [0, 0.05) is 0 Å². The lowest BCUT2D eigenvalue weighted by Gasteiger charge is -2.07. The number of carboxylic acids is 1. The molecular weight excluding hydrogens is 243 g/mol. The Morgan fingerprint density at radius 2 is 1.68 bits per heavy atom. The Labute approximate surface area is 110 Å². The van der Waals surface area contributed by atoms with Crippen LogP contribution in [0.15, 0.2) is 36.4 Å². The Balaban J connectivity index is 2.07. The highest BCUT2D eigenvalue weighted by atomic mass is 19.1. The molecule has 19 heavy (non-hydrogen) atoms. The van der Waals surface area contributed by atoms with E-state index in [2.05, 4.69) is 12.1 Å². The smallest absolute Gasteiger partial charge is 0.338 e. The van der Waals surface area contributed by atoms with Crippen LogP contribution in [-0.2, 0) is 12.8 Å². The van der Waals surface area contributed by atoms with Crippen molar-refractivity contribution < 1.29 is 14.3 Å². The lowest BCUT2D eigenvalue weighted by atomic mass is 9.99. The summed E-state index contributed by atoms with van der Waals surface area (Å²) in [5, 5.41) is 8.95. The summed E-state index contributed by atoms with van der Waals surface area (Å²) >= 11 is 0. The molecule has 0 saturated heterocycles. The molecule has 0 unspecified atom stereocenters. The first-order chi connectivity index (χ1) is 9.15. The minimum absolute atomic E-state index is 0.280. The van der Waals surface area contributed by atoms with Crippen LogP contribution in [0, 0.1) is 5.82 Å². The van der Waals surface area contributed by atoms with Gasteiger partial charge in [0.05, 0.1) is 5.56 Å². The number of aryl methyl sites for hydroxylation is 2. The molecule has 3 heteroatoms. The van der Waals surface area contributed by atoms with Gasteiger partial charge in [0.15, 0.2) is 0 Å². The van der Waals surface area contributed by atoms with E-state index in [0.717, 1.165) is 24.0 Å². The summed E-state index contributed by atoms with van der Waals surface area (Å²) in [6, 6.07) is 10.4. The normalized spacial score (nSPS) is 13.3. The molecule has 1 aliphatic rings. The summed E-state index contributed by atoms with van der Waals surface area (Å²) in [4.78, 5) is 11.0. The molecule has 0 heterocycles. The Bertz CT molecular complexity index is 662. The molecule has 96 valence electrons. The molecule has 2 aromatic rings. The third kappa shape index (κ3) is 2.12. The number of hydrogen-bond acceptors (Lipinski definition) is 1. The molecule has 1 N–H and O–H groups in total. The maximum Gasteiger partial charge on any atom is 0.338 e. The first-order valence-corrected chi connectivity index (χ1v) is 6.30. The Hall–Kier alpha value is -2.16. The second kappa shape index (κ2) is 4.50. The van der Waals surface area contributed by atoms with Gasteiger partial charge < -0.3 is 5.11 Å². The number of carboxylic acid groups (broad SMARTS) is 1. The number of aromatic carboxylic acids is 1. The van der Waals surface area contributed by atoms with Crippen LogP contribution in [0.5, 0.6) is 0 Å². The highest BCUT2D eigenvalue weighted by Crippen LogP contribution is 2.29. The summed E-state index contributed by atoms with van der Waals surface area (Å²) < 4.78 is 13.4. The standard InChI is InChI=1S/C16H13FO2/c17-15-7-6-13(9-14(15)16(18)19)12-5-4-10-2-1-3-11(10)8-12/h4-9H,1-3H2,(H,18,19). The first-order valence-electron chi connectivity index (χ1n) is 6.30. The van der Waals surface area contributed by atoms with Crippen LogP contribution in [0.3, 0.4) is 0 Å². The molecule has 0 amide bonds. The lowest BCUT2D eigenvalue weighted by molar-refractivity contribution is 0.0692. The van der Waals surface area contributed by atoms with Crippen molar-refractivity contribution >= 4 is 5.97 Å². The summed E-state index contributed by atoms with van der Waals surface area (Å²) in [6.07, 6.45) is 3.35. The highest BCUT2D eigenvalue weighted by Gasteiger charge is 2.14. The van der Waals surface area contributed by atoms with Crippen molar-refractivity contribution in [2.75, 3.05) is 0 Å². The van der Waals surface area contributed by atoms with Crippen molar-refractivity contribution in [3.63, 3.8) is 0 Å². The zero-order valence-electron chi connectivity index (χ0n) is 10.3. The van der Waals surface area contributed by atoms with E-state index >= 15 is 0 Å². The Morgan fingerprint density at radius 1 is 1.00 bits per heavy atom. The number of halogens is 1. The fourth-order valence-corrected chi connectivity index (χ4v) is 2.62. The van der Waals surface area contributed by atoms with Gasteiger partial charge in [-0.3, -0.25) is 0 Å². The van der Waals surface area contributed by atoms with Crippen LogP contribution in [-0.4, -0.2) is 11.1 Å². The van der Waals surface area contributed by atoms with Crippen molar-refractivity contribution in [2.24, 2.45) is 0 Å². The first kappa shape index (κ1) is 11.9. The summed E-state index contributed by atoms with van der Waals surface area (Å²) in [5.74, 6) is -1.93. The van der Waals surface area contributed by atoms with E-state index in [-0.39, 0.29) is 5.56 Å². The van der Waals surface area contributed by atoms with Gasteiger partial charge in [-0.1, -0.05) is 24.3 Å². The minimum atomic E-state index is -1.24. The third-order valence-electron chi connectivity index (χ3n) is 3.63. The van der Waals surface area contributed by atoms with Gasteiger partial charge in [-0.15, -0.1) is 0 Å². The number of rotatable bonds is 2. The van der Waals surface area contributed by atoms with Gasteiger partial charge in [-0.25, -0.2) is 9.18 Å². The van der Waals surface area contributed by atoms with Crippen molar-refractivity contribution in [1.82, 2.24) is 0 Å². The molecular formula is C16H13FO2. The minimum Gasteiger partial charge on any atom is -0.478 e. The fourth-order valence-electron chi connectivity index (χ4n) is 2.62. The van der Waals surface area contributed by atoms with Crippen LogP contribution < -0.4 is 0 Å². The van der Waals surface area contributed by atoms with Crippen molar-refractivity contribution in [3.8, 4) is 11.1 Å².